The van der Waals surface area contributed by atoms with Crippen molar-refractivity contribution < 1.29 is 17.9 Å². The van der Waals surface area contributed by atoms with E-state index in [1.54, 1.807) is 7.11 Å². The van der Waals surface area contributed by atoms with Crippen molar-refractivity contribution in [3.8, 4) is 5.75 Å². The number of nitrogens with one attached hydrogen (secondary N) is 1. The lowest BCUT2D eigenvalue weighted by Gasteiger charge is -2.32. The van der Waals surface area contributed by atoms with E-state index in [4.69, 9.17) is 4.74 Å². The molecule has 1 N–H and O–H groups in total. The molecule has 2 aromatic carbocycles. The first-order valence-electron chi connectivity index (χ1n) is 10.7. The molecule has 0 radical (unpaired) electrons. The molecule has 3 rings (SSSR count). The van der Waals surface area contributed by atoms with Gasteiger partial charge in [0.1, 0.15) is 5.75 Å². The van der Waals surface area contributed by atoms with Crippen LogP contribution in [0.3, 0.4) is 0 Å². The van der Waals surface area contributed by atoms with Gasteiger partial charge in [0.2, 0.25) is 15.9 Å². The van der Waals surface area contributed by atoms with E-state index in [1.807, 2.05) is 57.2 Å². The quantitative estimate of drug-likeness (QED) is 0.710. The SMILES string of the molecule is COc1ccc(CCNC(=O)[C@H]2CCCN(S(=O)(=O)c3c(C)cc(C)cc3C)C2)cc1. The van der Waals surface area contributed by atoms with Crippen LogP contribution in [-0.2, 0) is 21.2 Å². The maximum absolute atomic E-state index is 13.3. The number of benzene rings is 2. The van der Waals surface area contributed by atoms with Crippen molar-refractivity contribution in [2.24, 2.45) is 5.92 Å². The normalized spacial score (nSPS) is 17.4. The molecule has 0 aliphatic carbocycles. The Kier molecular flexibility index (Phi) is 7.38. The Morgan fingerprint density at radius 1 is 1.13 bits per heavy atom. The summed E-state index contributed by atoms with van der Waals surface area (Å²) in [6, 6.07) is 11.5. The van der Waals surface area contributed by atoms with Crippen LogP contribution in [0, 0.1) is 26.7 Å². The third-order valence-corrected chi connectivity index (χ3v) is 8.00. The highest BCUT2D eigenvalue weighted by molar-refractivity contribution is 7.89. The Labute approximate surface area is 185 Å². The second kappa shape index (κ2) is 9.83. The van der Waals surface area contributed by atoms with Crippen LogP contribution in [0.2, 0.25) is 0 Å². The highest BCUT2D eigenvalue weighted by atomic mass is 32.2. The van der Waals surface area contributed by atoms with Crippen LogP contribution in [0.4, 0.5) is 0 Å². The van der Waals surface area contributed by atoms with E-state index in [1.165, 1.54) is 4.31 Å². The first-order chi connectivity index (χ1) is 14.7. The summed E-state index contributed by atoms with van der Waals surface area (Å²) in [4.78, 5) is 13.1. The molecule has 1 heterocycles. The van der Waals surface area contributed by atoms with Gasteiger partial charge in [0.15, 0.2) is 0 Å². The number of methoxy groups -OCH3 is 1. The summed E-state index contributed by atoms with van der Waals surface area (Å²) < 4.78 is 33.3. The van der Waals surface area contributed by atoms with Gasteiger partial charge in [-0.25, -0.2) is 8.42 Å². The molecule has 0 aromatic heterocycles. The number of carbonyl (C=O) groups is 1. The van der Waals surface area contributed by atoms with Gasteiger partial charge in [0.25, 0.3) is 0 Å². The zero-order chi connectivity index (χ0) is 22.6. The smallest absolute Gasteiger partial charge is 0.243 e. The zero-order valence-electron chi connectivity index (χ0n) is 18.8. The molecule has 2 aromatic rings. The van der Waals surface area contributed by atoms with E-state index in [9.17, 15) is 13.2 Å². The van der Waals surface area contributed by atoms with Gasteiger partial charge in [-0.3, -0.25) is 4.79 Å². The largest absolute Gasteiger partial charge is 0.497 e. The number of nitrogens with zero attached hydrogens (tertiary/aromatic N) is 1. The molecular weight excluding hydrogens is 412 g/mol. The number of amides is 1. The van der Waals surface area contributed by atoms with E-state index < -0.39 is 10.0 Å². The average Bonchev–Trinajstić information content (AvgIpc) is 2.73. The second-order valence-electron chi connectivity index (χ2n) is 8.32. The number of sulfonamides is 1. The molecule has 1 atom stereocenters. The van der Waals surface area contributed by atoms with Gasteiger partial charge < -0.3 is 10.1 Å². The van der Waals surface area contributed by atoms with Gasteiger partial charge in [-0.1, -0.05) is 29.8 Å². The van der Waals surface area contributed by atoms with Crippen LogP contribution in [-0.4, -0.2) is 45.4 Å². The summed E-state index contributed by atoms with van der Waals surface area (Å²) in [6.07, 6.45) is 2.10. The van der Waals surface area contributed by atoms with Crippen LogP contribution in [0.15, 0.2) is 41.3 Å². The number of piperidine rings is 1. The van der Waals surface area contributed by atoms with E-state index in [0.717, 1.165) is 28.0 Å². The molecular formula is C24H32N2O4S. The maximum Gasteiger partial charge on any atom is 0.243 e. The van der Waals surface area contributed by atoms with Crippen molar-refractivity contribution in [3.05, 3.63) is 58.7 Å². The summed E-state index contributed by atoms with van der Waals surface area (Å²) >= 11 is 0. The monoisotopic (exact) mass is 444 g/mol. The molecule has 0 bridgehead atoms. The fourth-order valence-electron chi connectivity index (χ4n) is 4.34. The zero-order valence-corrected chi connectivity index (χ0v) is 19.6. The number of ether oxygens (including phenoxy) is 1. The molecule has 31 heavy (non-hydrogen) atoms. The van der Waals surface area contributed by atoms with Crippen LogP contribution in [0.1, 0.15) is 35.1 Å². The molecule has 1 saturated heterocycles. The third-order valence-electron chi connectivity index (χ3n) is 5.83. The third kappa shape index (κ3) is 5.46. The van der Waals surface area contributed by atoms with Crippen molar-refractivity contribution in [2.45, 2.75) is 44.9 Å². The number of carbonyl (C=O) groups excluding carboxylic acids is 1. The summed E-state index contributed by atoms with van der Waals surface area (Å²) in [6.45, 7) is 6.82. The molecule has 168 valence electrons. The first kappa shape index (κ1) is 23.3. The minimum Gasteiger partial charge on any atom is -0.497 e. The van der Waals surface area contributed by atoms with E-state index in [2.05, 4.69) is 5.32 Å². The Balaban J connectivity index is 1.62. The lowest BCUT2D eigenvalue weighted by atomic mass is 9.99. The Morgan fingerprint density at radius 3 is 2.39 bits per heavy atom. The lowest BCUT2D eigenvalue weighted by molar-refractivity contribution is -0.126. The van der Waals surface area contributed by atoms with E-state index in [-0.39, 0.29) is 18.4 Å². The molecule has 7 heteroatoms. The molecule has 6 nitrogen and oxygen atoms in total. The van der Waals surface area contributed by atoms with Gasteiger partial charge in [-0.15, -0.1) is 0 Å². The van der Waals surface area contributed by atoms with Crippen molar-refractivity contribution in [2.75, 3.05) is 26.7 Å². The summed E-state index contributed by atoms with van der Waals surface area (Å²) in [7, 11) is -2.01. The van der Waals surface area contributed by atoms with E-state index in [0.29, 0.717) is 37.2 Å². The summed E-state index contributed by atoms with van der Waals surface area (Å²) in [5.74, 6) is 0.395. The van der Waals surface area contributed by atoms with Gasteiger partial charge in [0.05, 0.1) is 17.9 Å². The second-order valence-corrected chi connectivity index (χ2v) is 10.2. The predicted molar refractivity (Wildman–Crippen MR) is 122 cm³/mol. The minimum absolute atomic E-state index is 0.0780. The topological polar surface area (TPSA) is 75.7 Å². The standard InChI is InChI=1S/C24H32N2O4S/c1-17-14-18(2)23(19(3)15-17)31(28,29)26-13-5-6-21(16-26)24(27)25-12-11-20-7-9-22(30-4)10-8-20/h7-10,14-15,21H,5-6,11-13,16H2,1-4H3,(H,25,27)/t21-/m0/s1. The van der Waals surface area contributed by atoms with Crippen molar-refractivity contribution in [1.82, 2.24) is 9.62 Å². The van der Waals surface area contributed by atoms with Gasteiger partial charge in [-0.2, -0.15) is 4.31 Å². The minimum atomic E-state index is -3.64. The Morgan fingerprint density at radius 2 is 1.77 bits per heavy atom. The van der Waals surface area contributed by atoms with Crippen LogP contribution >= 0.6 is 0 Å². The maximum atomic E-state index is 13.3. The molecule has 0 unspecified atom stereocenters. The van der Waals surface area contributed by atoms with Gasteiger partial charge in [-0.05, 0) is 68.9 Å². The molecule has 1 fully saturated rings. The number of rotatable bonds is 7. The van der Waals surface area contributed by atoms with Crippen LogP contribution < -0.4 is 10.1 Å². The highest BCUT2D eigenvalue weighted by Gasteiger charge is 2.34. The summed E-state index contributed by atoms with van der Waals surface area (Å²) in [5.41, 5.74) is 3.66. The number of aryl methyl sites for hydroxylation is 3. The van der Waals surface area contributed by atoms with Gasteiger partial charge in [0, 0.05) is 19.6 Å². The van der Waals surface area contributed by atoms with Crippen molar-refractivity contribution in [1.29, 1.82) is 0 Å². The first-order valence-corrected chi connectivity index (χ1v) is 12.1. The lowest BCUT2D eigenvalue weighted by Crippen LogP contribution is -2.46. The summed E-state index contributed by atoms with van der Waals surface area (Å²) in [5, 5.41) is 2.98. The molecule has 1 aliphatic rings. The predicted octanol–water partition coefficient (Wildman–Crippen LogP) is 3.38. The number of hydrogen-bond donors (Lipinski definition) is 1. The molecule has 0 saturated carbocycles. The average molecular weight is 445 g/mol. The molecule has 1 amide bonds. The van der Waals surface area contributed by atoms with Crippen LogP contribution in [0.5, 0.6) is 5.75 Å². The Hall–Kier alpha value is -2.38. The molecule has 0 spiro atoms. The van der Waals surface area contributed by atoms with Gasteiger partial charge >= 0.3 is 0 Å². The Bertz CT molecular complexity index is 1010. The molecule has 1 aliphatic heterocycles. The van der Waals surface area contributed by atoms with Crippen molar-refractivity contribution >= 4 is 15.9 Å². The number of hydrogen-bond acceptors (Lipinski definition) is 4. The highest BCUT2D eigenvalue weighted by Crippen LogP contribution is 2.29. The van der Waals surface area contributed by atoms with E-state index >= 15 is 0 Å². The fourth-order valence-corrected chi connectivity index (χ4v) is 6.28. The van der Waals surface area contributed by atoms with Crippen LogP contribution in [0.25, 0.3) is 0 Å². The van der Waals surface area contributed by atoms with Crippen molar-refractivity contribution in [3.63, 3.8) is 0 Å². The fraction of sp³-hybridized carbons (Fsp3) is 0.458.